The quantitative estimate of drug-likeness (QED) is 0.515. The molecule has 0 aliphatic heterocycles. The van der Waals surface area contributed by atoms with Gasteiger partial charge in [-0.1, -0.05) is 0 Å². The maximum Gasteiger partial charge on any atom is 0.191 e. The van der Waals surface area contributed by atoms with Crippen molar-refractivity contribution >= 4 is 17.7 Å². The van der Waals surface area contributed by atoms with E-state index in [-0.39, 0.29) is 4.75 Å². The summed E-state index contributed by atoms with van der Waals surface area (Å²) < 4.78 is 16.3. The van der Waals surface area contributed by atoms with Crippen molar-refractivity contribution in [3.63, 3.8) is 0 Å². The van der Waals surface area contributed by atoms with Crippen LogP contribution in [0.3, 0.4) is 0 Å². The smallest absolute Gasteiger partial charge is 0.191 e. The number of guanidine groups is 1. The number of benzene rings is 1. The van der Waals surface area contributed by atoms with Crippen LogP contribution in [0.4, 0.5) is 0 Å². The van der Waals surface area contributed by atoms with Crippen LogP contribution in [0.1, 0.15) is 26.3 Å². The minimum atomic E-state index is 0.136. The fraction of sp³-hybridized carbons (Fsp3) is 0.611. The summed E-state index contributed by atoms with van der Waals surface area (Å²) >= 11 is 1.82. The number of rotatable bonds is 9. The van der Waals surface area contributed by atoms with Gasteiger partial charge < -0.3 is 24.8 Å². The average molecular weight is 370 g/mol. The van der Waals surface area contributed by atoms with Crippen LogP contribution in [0.15, 0.2) is 17.1 Å². The molecule has 142 valence electrons. The predicted octanol–water partition coefficient (Wildman–Crippen LogP) is 2.91. The highest BCUT2D eigenvalue weighted by Crippen LogP contribution is 2.34. The van der Waals surface area contributed by atoms with Crippen molar-refractivity contribution in [3.05, 3.63) is 17.7 Å². The molecule has 0 spiro atoms. The Morgan fingerprint density at radius 1 is 1.04 bits per heavy atom. The number of thioether (sulfide) groups is 1. The summed E-state index contributed by atoms with van der Waals surface area (Å²) in [6.45, 7) is 8.54. The van der Waals surface area contributed by atoms with Crippen molar-refractivity contribution in [2.45, 2.75) is 32.1 Å². The maximum atomic E-state index is 5.46. The van der Waals surface area contributed by atoms with Gasteiger partial charge in [-0.2, -0.15) is 11.8 Å². The normalized spacial score (nSPS) is 11.9. The molecule has 0 fully saturated rings. The Labute approximate surface area is 155 Å². The topological polar surface area (TPSA) is 64.1 Å². The Morgan fingerprint density at radius 2 is 1.64 bits per heavy atom. The number of hydrogen-bond acceptors (Lipinski definition) is 5. The molecular formula is C18H31N3O3S. The molecule has 0 saturated carbocycles. The van der Waals surface area contributed by atoms with E-state index in [4.69, 9.17) is 14.2 Å². The standard InChI is InChI=1S/C18H31N3O3S/c1-8-19-17(21-12-18(2,3)25-7)20-11-13-9-15(23-5)16(24-6)10-14(13)22-4/h9-10H,8,11-12H2,1-7H3,(H2,19,20,21). The lowest BCUT2D eigenvalue weighted by Gasteiger charge is -2.23. The van der Waals surface area contributed by atoms with E-state index in [0.29, 0.717) is 18.0 Å². The van der Waals surface area contributed by atoms with E-state index in [0.717, 1.165) is 30.4 Å². The van der Waals surface area contributed by atoms with Crippen LogP contribution in [0.5, 0.6) is 17.2 Å². The number of nitrogens with one attached hydrogen (secondary N) is 2. The van der Waals surface area contributed by atoms with Gasteiger partial charge in [0, 0.05) is 29.5 Å². The second-order valence-corrected chi connectivity index (χ2v) is 7.54. The van der Waals surface area contributed by atoms with Gasteiger partial charge in [-0.15, -0.1) is 0 Å². The minimum absolute atomic E-state index is 0.136. The van der Waals surface area contributed by atoms with Gasteiger partial charge in [-0.3, -0.25) is 0 Å². The number of nitrogens with zero attached hydrogens (tertiary/aromatic N) is 1. The Hall–Kier alpha value is -1.76. The molecule has 1 rings (SSSR count). The fourth-order valence-corrected chi connectivity index (χ4v) is 2.31. The lowest BCUT2D eigenvalue weighted by atomic mass is 10.1. The Morgan fingerprint density at radius 3 is 2.16 bits per heavy atom. The lowest BCUT2D eigenvalue weighted by molar-refractivity contribution is 0.347. The number of methoxy groups -OCH3 is 3. The van der Waals surface area contributed by atoms with Crippen molar-refractivity contribution in [3.8, 4) is 17.2 Å². The molecule has 1 aromatic rings. The second-order valence-electron chi connectivity index (χ2n) is 6.03. The molecule has 0 atom stereocenters. The van der Waals surface area contributed by atoms with Crippen LogP contribution in [-0.2, 0) is 6.54 Å². The van der Waals surface area contributed by atoms with E-state index in [9.17, 15) is 0 Å². The molecule has 0 aliphatic carbocycles. The van der Waals surface area contributed by atoms with Crippen LogP contribution < -0.4 is 24.8 Å². The largest absolute Gasteiger partial charge is 0.496 e. The Kier molecular flexibility index (Phi) is 8.75. The van der Waals surface area contributed by atoms with Gasteiger partial charge >= 0.3 is 0 Å². The SMILES string of the molecule is CCNC(=NCc1cc(OC)c(OC)cc1OC)NCC(C)(C)SC. The summed E-state index contributed by atoms with van der Waals surface area (Å²) in [5, 5.41) is 6.66. The number of hydrogen-bond donors (Lipinski definition) is 2. The molecule has 1 aromatic carbocycles. The van der Waals surface area contributed by atoms with Gasteiger partial charge in [-0.05, 0) is 33.1 Å². The molecule has 0 heterocycles. The van der Waals surface area contributed by atoms with Gasteiger partial charge in [0.05, 0.1) is 27.9 Å². The predicted molar refractivity (Wildman–Crippen MR) is 107 cm³/mol. The molecular weight excluding hydrogens is 338 g/mol. The van der Waals surface area contributed by atoms with Gasteiger partial charge in [0.1, 0.15) is 5.75 Å². The molecule has 0 radical (unpaired) electrons. The highest BCUT2D eigenvalue weighted by atomic mass is 32.2. The average Bonchev–Trinajstić information content (AvgIpc) is 2.63. The van der Waals surface area contributed by atoms with E-state index >= 15 is 0 Å². The van der Waals surface area contributed by atoms with Crippen molar-refractivity contribution in [2.75, 3.05) is 40.7 Å². The van der Waals surface area contributed by atoms with E-state index in [1.807, 2.05) is 30.8 Å². The number of aliphatic imine (C=N–C) groups is 1. The molecule has 6 nitrogen and oxygen atoms in total. The summed E-state index contributed by atoms with van der Waals surface area (Å²) in [7, 11) is 4.86. The van der Waals surface area contributed by atoms with Gasteiger partial charge in [-0.25, -0.2) is 4.99 Å². The van der Waals surface area contributed by atoms with Gasteiger partial charge in [0.25, 0.3) is 0 Å². The fourth-order valence-electron chi connectivity index (χ4n) is 2.09. The number of ether oxygens (including phenoxy) is 3. The minimum Gasteiger partial charge on any atom is -0.496 e. The van der Waals surface area contributed by atoms with Crippen molar-refractivity contribution < 1.29 is 14.2 Å². The zero-order valence-corrected chi connectivity index (χ0v) is 17.2. The molecule has 0 saturated heterocycles. The molecule has 0 amide bonds. The van der Waals surface area contributed by atoms with E-state index in [2.05, 4.69) is 35.7 Å². The molecule has 7 heteroatoms. The highest BCUT2D eigenvalue weighted by molar-refractivity contribution is 7.99. The van der Waals surface area contributed by atoms with Crippen LogP contribution in [0, 0.1) is 0 Å². The first-order valence-corrected chi connectivity index (χ1v) is 9.49. The van der Waals surface area contributed by atoms with E-state index in [1.165, 1.54) is 0 Å². The monoisotopic (exact) mass is 369 g/mol. The maximum absolute atomic E-state index is 5.46. The van der Waals surface area contributed by atoms with Crippen LogP contribution in [0.2, 0.25) is 0 Å². The Bertz CT molecular complexity index is 577. The van der Waals surface area contributed by atoms with Crippen LogP contribution in [0.25, 0.3) is 0 Å². The van der Waals surface area contributed by atoms with Crippen molar-refractivity contribution in [1.29, 1.82) is 0 Å². The second kappa shape index (κ2) is 10.3. The molecule has 0 bridgehead atoms. The summed E-state index contributed by atoms with van der Waals surface area (Å²) in [6, 6.07) is 3.72. The van der Waals surface area contributed by atoms with E-state index < -0.39 is 0 Å². The van der Waals surface area contributed by atoms with Crippen LogP contribution in [-0.4, -0.2) is 51.4 Å². The first-order chi connectivity index (χ1) is 11.9. The van der Waals surface area contributed by atoms with Crippen LogP contribution >= 0.6 is 11.8 Å². The molecule has 0 aromatic heterocycles. The third-order valence-corrected chi connectivity index (χ3v) is 5.02. The first kappa shape index (κ1) is 21.3. The summed E-state index contributed by atoms with van der Waals surface area (Å²) in [6.07, 6.45) is 2.11. The third-order valence-electron chi connectivity index (χ3n) is 3.77. The Balaban J connectivity index is 2.97. The molecule has 0 aliphatic rings. The van der Waals surface area contributed by atoms with Gasteiger partial charge in [0.2, 0.25) is 0 Å². The first-order valence-electron chi connectivity index (χ1n) is 8.27. The summed E-state index contributed by atoms with van der Waals surface area (Å²) in [5.74, 6) is 2.80. The van der Waals surface area contributed by atoms with Crippen molar-refractivity contribution in [1.82, 2.24) is 10.6 Å². The summed E-state index contributed by atoms with van der Waals surface area (Å²) in [5.41, 5.74) is 0.932. The highest BCUT2D eigenvalue weighted by Gasteiger charge is 2.16. The zero-order valence-electron chi connectivity index (χ0n) is 16.4. The van der Waals surface area contributed by atoms with Crippen molar-refractivity contribution in [2.24, 2.45) is 4.99 Å². The molecule has 0 unspecified atom stereocenters. The molecule has 25 heavy (non-hydrogen) atoms. The third kappa shape index (κ3) is 6.57. The van der Waals surface area contributed by atoms with Gasteiger partial charge in [0.15, 0.2) is 17.5 Å². The summed E-state index contributed by atoms with van der Waals surface area (Å²) in [4.78, 5) is 4.67. The lowest BCUT2D eigenvalue weighted by Crippen LogP contribution is -2.43. The van der Waals surface area contributed by atoms with E-state index in [1.54, 1.807) is 21.3 Å². The molecule has 2 N–H and O–H groups in total. The zero-order chi connectivity index (χ0) is 18.9.